The standard InChI is InChI=1S/C29H23Cl2N2/c30-26-15-11-24(12-16-26)28-29(25-13-17-27(31)18-14-25)33(20-23-9-5-2-6-10-23)21-32(28)19-22-7-3-1-4-8-22/h1-18,21H,19-20H2/q+1. The smallest absolute Gasteiger partial charge is 0.225 e. The number of imidazole rings is 1. The molecule has 0 aliphatic heterocycles. The van der Waals surface area contributed by atoms with Crippen LogP contribution >= 0.6 is 23.2 Å². The van der Waals surface area contributed by atoms with Gasteiger partial charge in [0.25, 0.3) is 0 Å². The van der Waals surface area contributed by atoms with Crippen LogP contribution in [0, 0.1) is 0 Å². The molecule has 0 atom stereocenters. The highest BCUT2D eigenvalue weighted by Gasteiger charge is 2.26. The van der Waals surface area contributed by atoms with Gasteiger partial charge < -0.3 is 0 Å². The number of halogens is 2. The Kier molecular flexibility index (Phi) is 6.30. The third-order valence-electron chi connectivity index (χ3n) is 5.70. The fourth-order valence-corrected chi connectivity index (χ4v) is 4.43. The van der Waals surface area contributed by atoms with Crippen LogP contribution in [0.5, 0.6) is 0 Å². The summed E-state index contributed by atoms with van der Waals surface area (Å²) in [5.74, 6) is 0. The second-order valence-electron chi connectivity index (χ2n) is 8.05. The van der Waals surface area contributed by atoms with Crippen molar-refractivity contribution in [3.8, 4) is 22.5 Å². The van der Waals surface area contributed by atoms with Crippen molar-refractivity contribution < 1.29 is 4.57 Å². The summed E-state index contributed by atoms with van der Waals surface area (Å²) in [6.07, 6.45) is 2.22. The lowest BCUT2D eigenvalue weighted by Gasteiger charge is -2.07. The first kappa shape index (κ1) is 21.5. The molecule has 0 spiro atoms. The quantitative estimate of drug-likeness (QED) is 0.227. The van der Waals surface area contributed by atoms with E-state index < -0.39 is 0 Å². The van der Waals surface area contributed by atoms with Crippen molar-refractivity contribution in [3.05, 3.63) is 137 Å². The van der Waals surface area contributed by atoms with E-state index in [0.717, 1.165) is 45.6 Å². The molecule has 0 fully saturated rings. The van der Waals surface area contributed by atoms with Gasteiger partial charge in [-0.15, -0.1) is 0 Å². The summed E-state index contributed by atoms with van der Waals surface area (Å²) in [6, 6.07) is 37.2. The van der Waals surface area contributed by atoms with E-state index >= 15 is 0 Å². The van der Waals surface area contributed by atoms with Crippen molar-refractivity contribution in [2.24, 2.45) is 0 Å². The molecule has 0 saturated carbocycles. The summed E-state index contributed by atoms with van der Waals surface area (Å²) in [6.45, 7) is 1.53. The highest BCUT2D eigenvalue weighted by Crippen LogP contribution is 2.32. The molecule has 0 amide bonds. The third kappa shape index (κ3) is 4.88. The van der Waals surface area contributed by atoms with E-state index in [0.29, 0.717) is 0 Å². The van der Waals surface area contributed by atoms with Crippen LogP contribution in [0.4, 0.5) is 0 Å². The van der Waals surface area contributed by atoms with E-state index in [1.807, 2.05) is 36.4 Å². The molecular weight excluding hydrogens is 447 g/mol. The van der Waals surface area contributed by atoms with Gasteiger partial charge in [-0.05, 0) is 59.7 Å². The van der Waals surface area contributed by atoms with Gasteiger partial charge in [-0.2, -0.15) is 0 Å². The topological polar surface area (TPSA) is 8.81 Å². The predicted octanol–water partition coefficient (Wildman–Crippen LogP) is 7.51. The van der Waals surface area contributed by atoms with E-state index in [1.54, 1.807) is 0 Å². The molecule has 0 aliphatic carbocycles. The number of rotatable bonds is 6. The van der Waals surface area contributed by atoms with Gasteiger partial charge in [-0.1, -0.05) is 83.9 Å². The van der Waals surface area contributed by atoms with E-state index in [1.165, 1.54) is 11.1 Å². The minimum atomic E-state index is 0.727. The first-order chi connectivity index (χ1) is 16.2. The molecule has 33 heavy (non-hydrogen) atoms. The normalized spacial score (nSPS) is 11.0. The summed E-state index contributed by atoms with van der Waals surface area (Å²) < 4.78 is 4.65. The van der Waals surface area contributed by atoms with Gasteiger partial charge in [0.1, 0.15) is 13.1 Å². The van der Waals surface area contributed by atoms with Crippen molar-refractivity contribution >= 4 is 23.2 Å². The second-order valence-corrected chi connectivity index (χ2v) is 8.93. The molecule has 2 nitrogen and oxygen atoms in total. The molecule has 0 N–H and O–H groups in total. The van der Waals surface area contributed by atoms with Crippen LogP contribution in [-0.4, -0.2) is 4.57 Å². The summed E-state index contributed by atoms with van der Waals surface area (Å²) in [5.41, 5.74) is 7.02. The summed E-state index contributed by atoms with van der Waals surface area (Å²) in [7, 11) is 0. The van der Waals surface area contributed by atoms with Crippen molar-refractivity contribution in [2.75, 3.05) is 0 Å². The number of benzene rings is 4. The Balaban J connectivity index is 1.73. The van der Waals surface area contributed by atoms with Crippen molar-refractivity contribution in [3.63, 3.8) is 0 Å². The summed E-state index contributed by atoms with van der Waals surface area (Å²) >= 11 is 12.5. The maximum atomic E-state index is 6.23. The van der Waals surface area contributed by atoms with Gasteiger partial charge in [0.2, 0.25) is 6.33 Å². The van der Waals surface area contributed by atoms with E-state index in [9.17, 15) is 0 Å². The van der Waals surface area contributed by atoms with Gasteiger partial charge in [-0.3, -0.25) is 0 Å². The molecule has 5 rings (SSSR count). The molecule has 4 heteroatoms. The first-order valence-electron chi connectivity index (χ1n) is 10.9. The number of hydrogen-bond donors (Lipinski definition) is 0. The van der Waals surface area contributed by atoms with Crippen LogP contribution in [0.3, 0.4) is 0 Å². The zero-order valence-electron chi connectivity index (χ0n) is 18.0. The van der Waals surface area contributed by atoms with Crippen LogP contribution < -0.4 is 4.57 Å². The van der Waals surface area contributed by atoms with Gasteiger partial charge >= 0.3 is 0 Å². The Morgan fingerprint density at radius 1 is 0.576 bits per heavy atom. The SMILES string of the molecule is Clc1ccc(-c2c(-c3ccc(Cl)cc3)[n+](Cc3ccccc3)cn2Cc2ccccc2)cc1. The van der Waals surface area contributed by atoms with Crippen LogP contribution in [0.25, 0.3) is 22.5 Å². The minimum absolute atomic E-state index is 0.727. The minimum Gasteiger partial charge on any atom is -0.225 e. The van der Waals surface area contributed by atoms with Gasteiger partial charge in [0.15, 0.2) is 11.4 Å². The average Bonchev–Trinajstić information content (AvgIpc) is 3.18. The van der Waals surface area contributed by atoms with Crippen molar-refractivity contribution in [2.45, 2.75) is 13.1 Å². The van der Waals surface area contributed by atoms with Crippen molar-refractivity contribution in [1.82, 2.24) is 4.57 Å². The maximum absolute atomic E-state index is 6.23. The van der Waals surface area contributed by atoms with E-state index in [-0.39, 0.29) is 0 Å². The second kappa shape index (κ2) is 9.66. The zero-order chi connectivity index (χ0) is 22.6. The monoisotopic (exact) mass is 469 g/mol. The van der Waals surface area contributed by atoms with E-state index in [4.69, 9.17) is 23.2 Å². The summed E-state index contributed by atoms with van der Waals surface area (Å²) in [4.78, 5) is 0. The van der Waals surface area contributed by atoms with Crippen LogP contribution in [0.15, 0.2) is 116 Å². The van der Waals surface area contributed by atoms with Crippen LogP contribution in [-0.2, 0) is 13.1 Å². The van der Waals surface area contributed by atoms with Crippen LogP contribution in [0.2, 0.25) is 10.0 Å². The number of nitrogens with zero attached hydrogens (tertiary/aromatic N) is 2. The summed E-state index contributed by atoms with van der Waals surface area (Å²) in [5, 5.41) is 1.45. The Morgan fingerprint density at radius 2 is 1.09 bits per heavy atom. The van der Waals surface area contributed by atoms with Gasteiger partial charge in [0, 0.05) is 21.2 Å². The molecule has 162 valence electrons. The third-order valence-corrected chi connectivity index (χ3v) is 6.21. The number of hydrogen-bond acceptors (Lipinski definition) is 0. The van der Waals surface area contributed by atoms with Gasteiger partial charge in [0.05, 0.1) is 0 Å². The Morgan fingerprint density at radius 3 is 1.67 bits per heavy atom. The molecule has 5 aromatic rings. The van der Waals surface area contributed by atoms with E-state index in [2.05, 4.69) is 88.3 Å². The predicted molar refractivity (Wildman–Crippen MR) is 137 cm³/mol. The maximum Gasteiger partial charge on any atom is 0.245 e. The molecular formula is C29H23Cl2N2+. The molecule has 0 radical (unpaired) electrons. The highest BCUT2D eigenvalue weighted by molar-refractivity contribution is 6.31. The Bertz CT molecular complexity index is 1240. The number of aromatic nitrogens is 2. The lowest BCUT2D eigenvalue weighted by Crippen LogP contribution is -2.34. The molecule has 0 aliphatic rings. The van der Waals surface area contributed by atoms with Gasteiger partial charge in [-0.25, -0.2) is 9.13 Å². The Labute approximate surface area is 204 Å². The fourth-order valence-electron chi connectivity index (χ4n) is 4.18. The van der Waals surface area contributed by atoms with Crippen LogP contribution in [0.1, 0.15) is 11.1 Å². The molecule has 4 aromatic carbocycles. The lowest BCUT2D eigenvalue weighted by atomic mass is 10.0. The highest BCUT2D eigenvalue weighted by atomic mass is 35.5. The largest absolute Gasteiger partial charge is 0.245 e. The molecule has 0 saturated heterocycles. The molecule has 1 heterocycles. The fraction of sp³-hybridized carbons (Fsp3) is 0.0690. The molecule has 0 bridgehead atoms. The first-order valence-corrected chi connectivity index (χ1v) is 11.7. The lowest BCUT2D eigenvalue weighted by molar-refractivity contribution is -0.677. The molecule has 1 aromatic heterocycles. The molecule has 0 unspecified atom stereocenters. The zero-order valence-corrected chi connectivity index (χ0v) is 19.5. The van der Waals surface area contributed by atoms with Crippen molar-refractivity contribution in [1.29, 1.82) is 0 Å². The average molecular weight is 470 g/mol. The Hall–Kier alpha value is -3.33.